The van der Waals surface area contributed by atoms with E-state index in [1.807, 2.05) is 11.8 Å². The average Bonchev–Trinajstić information content (AvgIpc) is 2.63. The number of nitrogens with zero attached hydrogens (tertiary/aromatic N) is 2. The minimum atomic E-state index is -0.504. The van der Waals surface area contributed by atoms with Gasteiger partial charge in [-0.25, -0.2) is 0 Å². The van der Waals surface area contributed by atoms with Gasteiger partial charge in [0.05, 0.1) is 6.04 Å². The molecule has 0 aromatic heterocycles. The fourth-order valence-corrected chi connectivity index (χ4v) is 2.13. The van der Waals surface area contributed by atoms with Crippen LogP contribution in [0.1, 0.15) is 26.2 Å². The summed E-state index contributed by atoms with van der Waals surface area (Å²) in [5.41, 5.74) is 5.79. The highest BCUT2D eigenvalue weighted by molar-refractivity contribution is 5.82. The van der Waals surface area contributed by atoms with E-state index < -0.39 is 6.04 Å². The van der Waals surface area contributed by atoms with E-state index in [1.165, 1.54) is 0 Å². The Bertz CT molecular complexity index is 317. The number of nitrogens with two attached hydrogens (primary N) is 1. The highest BCUT2D eigenvalue weighted by Gasteiger charge is 2.24. The fourth-order valence-electron chi connectivity index (χ4n) is 2.13. The number of amides is 2. The van der Waals surface area contributed by atoms with Crippen molar-refractivity contribution in [1.29, 1.82) is 0 Å². The molecular formula is C13H23N3O2. The molecule has 2 N–H and O–H groups in total. The van der Waals surface area contributed by atoms with Gasteiger partial charge in [-0.05, 0) is 12.8 Å². The van der Waals surface area contributed by atoms with Crippen molar-refractivity contribution in [3.05, 3.63) is 12.7 Å². The predicted octanol–water partition coefficient (Wildman–Crippen LogP) is 0.361. The molecule has 0 radical (unpaired) electrons. The van der Waals surface area contributed by atoms with Crippen molar-refractivity contribution in [3.8, 4) is 0 Å². The number of rotatable bonds is 4. The van der Waals surface area contributed by atoms with Crippen LogP contribution in [0.3, 0.4) is 0 Å². The molecule has 1 aliphatic heterocycles. The van der Waals surface area contributed by atoms with Crippen molar-refractivity contribution in [2.45, 2.75) is 32.2 Å². The van der Waals surface area contributed by atoms with Crippen molar-refractivity contribution in [2.24, 2.45) is 5.73 Å². The van der Waals surface area contributed by atoms with E-state index in [2.05, 4.69) is 6.58 Å². The second-order valence-electron chi connectivity index (χ2n) is 4.54. The largest absolute Gasteiger partial charge is 0.341 e. The highest BCUT2D eigenvalue weighted by atomic mass is 16.2. The Kier molecular flexibility index (Phi) is 5.85. The molecule has 102 valence electrons. The van der Waals surface area contributed by atoms with Crippen molar-refractivity contribution in [3.63, 3.8) is 0 Å². The van der Waals surface area contributed by atoms with E-state index in [4.69, 9.17) is 5.73 Å². The van der Waals surface area contributed by atoms with Gasteiger partial charge in [0, 0.05) is 32.6 Å². The summed E-state index contributed by atoms with van der Waals surface area (Å²) < 4.78 is 0. The zero-order valence-corrected chi connectivity index (χ0v) is 11.1. The quantitative estimate of drug-likeness (QED) is 0.736. The lowest BCUT2D eigenvalue weighted by atomic mass is 10.2. The average molecular weight is 253 g/mol. The van der Waals surface area contributed by atoms with Crippen LogP contribution in [0.2, 0.25) is 0 Å². The SMILES string of the molecule is C=CCC(N)C(=O)N1CCCN(C(=O)CC)CC1. The number of hydrogen-bond acceptors (Lipinski definition) is 3. The Balaban J connectivity index is 2.53. The van der Waals surface area contributed by atoms with Gasteiger partial charge in [-0.15, -0.1) is 6.58 Å². The number of carbonyl (C=O) groups is 2. The van der Waals surface area contributed by atoms with E-state index in [9.17, 15) is 9.59 Å². The van der Waals surface area contributed by atoms with Crippen LogP contribution in [0.4, 0.5) is 0 Å². The molecule has 1 aliphatic rings. The van der Waals surface area contributed by atoms with E-state index >= 15 is 0 Å². The summed E-state index contributed by atoms with van der Waals surface area (Å²) in [6, 6.07) is -0.504. The Morgan fingerprint density at radius 2 is 1.89 bits per heavy atom. The third-order valence-electron chi connectivity index (χ3n) is 3.20. The molecule has 1 unspecified atom stereocenters. The first kappa shape index (κ1) is 14.7. The lowest BCUT2D eigenvalue weighted by Gasteiger charge is -2.24. The molecule has 2 amide bonds. The standard InChI is InChI=1S/C13H23N3O2/c1-3-6-11(14)13(18)16-8-5-7-15(9-10-16)12(17)4-2/h3,11H,1,4-10,14H2,2H3. The van der Waals surface area contributed by atoms with E-state index in [0.717, 1.165) is 13.0 Å². The van der Waals surface area contributed by atoms with Gasteiger partial charge in [0.1, 0.15) is 0 Å². The Morgan fingerprint density at radius 1 is 1.28 bits per heavy atom. The summed E-state index contributed by atoms with van der Waals surface area (Å²) in [4.78, 5) is 27.2. The number of carbonyl (C=O) groups excluding carboxylic acids is 2. The Hall–Kier alpha value is -1.36. The van der Waals surface area contributed by atoms with Gasteiger partial charge in [-0.1, -0.05) is 13.0 Å². The molecule has 0 saturated carbocycles. The van der Waals surface area contributed by atoms with E-state index in [-0.39, 0.29) is 11.8 Å². The highest BCUT2D eigenvalue weighted by Crippen LogP contribution is 2.07. The monoisotopic (exact) mass is 253 g/mol. The molecular weight excluding hydrogens is 230 g/mol. The van der Waals surface area contributed by atoms with Crippen LogP contribution in [-0.4, -0.2) is 53.8 Å². The predicted molar refractivity (Wildman–Crippen MR) is 70.9 cm³/mol. The minimum absolute atomic E-state index is 0.0410. The van der Waals surface area contributed by atoms with Crippen molar-refractivity contribution in [1.82, 2.24) is 9.80 Å². The topological polar surface area (TPSA) is 66.6 Å². The van der Waals surface area contributed by atoms with E-state index in [0.29, 0.717) is 32.5 Å². The smallest absolute Gasteiger partial charge is 0.239 e. The van der Waals surface area contributed by atoms with Crippen molar-refractivity contribution >= 4 is 11.8 Å². The summed E-state index contributed by atoms with van der Waals surface area (Å²) in [6.07, 6.45) is 3.49. The molecule has 1 atom stereocenters. The molecule has 1 saturated heterocycles. The molecule has 1 heterocycles. The summed E-state index contributed by atoms with van der Waals surface area (Å²) in [5, 5.41) is 0. The number of hydrogen-bond donors (Lipinski definition) is 1. The third kappa shape index (κ3) is 3.84. The fraction of sp³-hybridized carbons (Fsp3) is 0.692. The van der Waals surface area contributed by atoms with E-state index in [1.54, 1.807) is 11.0 Å². The minimum Gasteiger partial charge on any atom is -0.341 e. The summed E-state index contributed by atoms with van der Waals surface area (Å²) >= 11 is 0. The summed E-state index contributed by atoms with van der Waals surface area (Å²) in [5.74, 6) is 0.111. The first-order chi connectivity index (χ1) is 8.60. The molecule has 0 aliphatic carbocycles. The van der Waals surface area contributed by atoms with Crippen LogP contribution in [0.5, 0.6) is 0 Å². The van der Waals surface area contributed by atoms with Crippen LogP contribution in [0.15, 0.2) is 12.7 Å². The van der Waals surface area contributed by atoms with Gasteiger partial charge in [-0.2, -0.15) is 0 Å². The molecule has 1 fully saturated rings. The first-order valence-corrected chi connectivity index (χ1v) is 6.53. The van der Waals surface area contributed by atoms with Crippen LogP contribution in [0.25, 0.3) is 0 Å². The molecule has 5 heteroatoms. The normalized spacial score (nSPS) is 18.1. The van der Waals surface area contributed by atoms with Crippen LogP contribution < -0.4 is 5.73 Å². The third-order valence-corrected chi connectivity index (χ3v) is 3.20. The maximum Gasteiger partial charge on any atom is 0.239 e. The van der Waals surface area contributed by atoms with Crippen molar-refractivity contribution < 1.29 is 9.59 Å². The summed E-state index contributed by atoms with van der Waals surface area (Å²) in [7, 11) is 0. The lowest BCUT2D eigenvalue weighted by molar-refractivity contribution is -0.134. The second-order valence-corrected chi connectivity index (χ2v) is 4.54. The zero-order chi connectivity index (χ0) is 13.5. The van der Waals surface area contributed by atoms with Crippen molar-refractivity contribution in [2.75, 3.05) is 26.2 Å². The Labute approximate surface area is 109 Å². The van der Waals surface area contributed by atoms with Crippen LogP contribution >= 0.6 is 0 Å². The maximum atomic E-state index is 12.0. The second kappa shape index (κ2) is 7.16. The van der Waals surface area contributed by atoms with Gasteiger partial charge in [0.2, 0.25) is 11.8 Å². The first-order valence-electron chi connectivity index (χ1n) is 6.53. The molecule has 0 aromatic carbocycles. The zero-order valence-electron chi connectivity index (χ0n) is 11.1. The van der Waals surface area contributed by atoms with Gasteiger partial charge < -0.3 is 15.5 Å². The molecule has 0 aromatic rings. The van der Waals surface area contributed by atoms with Gasteiger partial charge in [0.25, 0.3) is 0 Å². The van der Waals surface area contributed by atoms with Crippen LogP contribution in [0, 0.1) is 0 Å². The van der Waals surface area contributed by atoms with Crippen LogP contribution in [-0.2, 0) is 9.59 Å². The molecule has 18 heavy (non-hydrogen) atoms. The van der Waals surface area contributed by atoms with Gasteiger partial charge in [0.15, 0.2) is 0 Å². The lowest BCUT2D eigenvalue weighted by Crippen LogP contribution is -2.45. The molecule has 0 bridgehead atoms. The Morgan fingerprint density at radius 3 is 2.50 bits per heavy atom. The van der Waals surface area contributed by atoms with Gasteiger partial charge in [-0.3, -0.25) is 9.59 Å². The molecule has 1 rings (SSSR count). The maximum absolute atomic E-state index is 12.0. The summed E-state index contributed by atoms with van der Waals surface area (Å²) in [6.45, 7) is 8.04. The molecule has 5 nitrogen and oxygen atoms in total. The molecule has 0 spiro atoms. The van der Waals surface area contributed by atoms with Gasteiger partial charge >= 0.3 is 0 Å².